The second kappa shape index (κ2) is 9.87. The summed E-state index contributed by atoms with van der Waals surface area (Å²) >= 11 is 0. The molecule has 2 aromatic carbocycles. The molecule has 30 heavy (non-hydrogen) atoms. The monoisotopic (exact) mass is 416 g/mol. The van der Waals surface area contributed by atoms with Crippen molar-refractivity contribution in [1.82, 2.24) is 5.32 Å². The van der Waals surface area contributed by atoms with Crippen LogP contribution in [-0.4, -0.2) is 37.2 Å². The summed E-state index contributed by atoms with van der Waals surface area (Å²) in [5, 5.41) is 5.25. The van der Waals surface area contributed by atoms with E-state index in [0.717, 1.165) is 13.2 Å². The van der Waals surface area contributed by atoms with Crippen molar-refractivity contribution >= 4 is 23.7 Å². The fourth-order valence-corrected chi connectivity index (χ4v) is 2.65. The number of alkyl carbamates (subject to hydrolysis) is 1. The van der Waals surface area contributed by atoms with E-state index in [2.05, 4.69) is 15.4 Å². The van der Waals surface area contributed by atoms with Gasteiger partial charge in [0.15, 0.2) is 0 Å². The summed E-state index contributed by atoms with van der Waals surface area (Å²) in [6.07, 6.45) is -0.647. The zero-order chi connectivity index (χ0) is 22.3. The third-order valence-electron chi connectivity index (χ3n) is 4.01. The number of methoxy groups -OCH3 is 1. The number of nitrogens with one attached hydrogen (secondary N) is 2. The van der Waals surface area contributed by atoms with Gasteiger partial charge in [-0.15, -0.1) is 0 Å². The van der Waals surface area contributed by atoms with Crippen molar-refractivity contribution < 1.29 is 28.2 Å². The molecule has 0 aliphatic carbocycles. The van der Waals surface area contributed by atoms with Gasteiger partial charge in [0.25, 0.3) is 0 Å². The lowest BCUT2D eigenvalue weighted by molar-refractivity contribution is -0.117. The Balaban J connectivity index is 2.19. The summed E-state index contributed by atoms with van der Waals surface area (Å²) < 4.78 is 23.6. The van der Waals surface area contributed by atoms with Crippen LogP contribution >= 0.6 is 0 Å². The van der Waals surface area contributed by atoms with Crippen molar-refractivity contribution in [2.75, 3.05) is 19.0 Å². The second-order valence-electron chi connectivity index (χ2n) is 7.52. The van der Waals surface area contributed by atoms with Gasteiger partial charge in [-0.2, -0.15) is 0 Å². The molecule has 0 saturated heterocycles. The van der Waals surface area contributed by atoms with Gasteiger partial charge in [-0.25, -0.2) is 14.0 Å². The molecule has 2 aromatic rings. The Bertz CT molecular complexity index is 909. The van der Waals surface area contributed by atoms with Crippen molar-refractivity contribution in [3.8, 4) is 0 Å². The SMILES string of the molecule is COC(=O)c1cc(NC(=O)C(CNC(=O)OC(C)(C)C)c2ccccc2)ccc1F. The van der Waals surface area contributed by atoms with Crippen LogP contribution < -0.4 is 10.6 Å². The number of hydrogen-bond donors (Lipinski definition) is 2. The van der Waals surface area contributed by atoms with Gasteiger partial charge in [0.05, 0.1) is 18.6 Å². The molecule has 2 N–H and O–H groups in total. The summed E-state index contributed by atoms with van der Waals surface area (Å²) in [4.78, 5) is 36.6. The van der Waals surface area contributed by atoms with Gasteiger partial charge in [0.2, 0.25) is 5.91 Å². The number of carbonyl (C=O) groups excluding carboxylic acids is 3. The minimum Gasteiger partial charge on any atom is -0.465 e. The third-order valence-corrected chi connectivity index (χ3v) is 4.01. The predicted molar refractivity (Wildman–Crippen MR) is 110 cm³/mol. The number of halogens is 1. The molecule has 0 bridgehead atoms. The summed E-state index contributed by atoms with van der Waals surface area (Å²) in [6.45, 7) is 5.19. The van der Waals surface area contributed by atoms with Crippen molar-refractivity contribution in [3.63, 3.8) is 0 Å². The number of hydrogen-bond acceptors (Lipinski definition) is 5. The van der Waals surface area contributed by atoms with Crippen LogP contribution in [0.4, 0.5) is 14.9 Å². The Morgan fingerprint density at radius 3 is 2.33 bits per heavy atom. The van der Waals surface area contributed by atoms with E-state index in [0.29, 0.717) is 5.56 Å². The van der Waals surface area contributed by atoms with Gasteiger partial charge in [0.1, 0.15) is 11.4 Å². The Kier molecular flexibility index (Phi) is 7.52. The van der Waals surface area contributed by atoms with Gasteiger partial charge in [-0.3, -0.25) is 4.79 Å². The van der Waals surface area contributed by atoms with E-state index in [4.69, 9.17) is 4.74 Å². The first-order valence-electron chi connectivity index (χ1n) is 9.31. The first-order valence-corrected chi connectivity index (χ1v) is 9.31. The molecule has 0 radical (unpaired) electrons. The lowest BCUT2D eigenvalue weighted by Crippen LogP contribution is -2.37. The van der Waals surface area contributed by atoms with E-state index in [-0.39, 0.29) is 17.8 Å². The maximum atomic E-state index is 13.8. The Hall–Kier alpha value is -3.42. The summed E-state index contributed by atoms with van der Waals surface area (Å²) in [5.41, 5.74) is -0.0766. The highest BCUT2D eigenvalue weighted by Gasteiger charge is 2.24. The molecule has 160 valence electrons. The van der Waals surface area contributed by atoms with Gasteiger partial charge < -0.3 is 20.1 Å². The van der Waals surface area contributed by atoms with Gasteiger partial charge >= 0.3 is 12.1 Å². The molecule has 1 atom stereocenters. The molecular formula is C22H25FN2O5. The zero-order valence-electron chi connectivity index (χ0n) is 17.3. The second-order valence-corrected chi connectivity index (χ2v) is 7.52. The Labute approximate surface area is 174 Å². The van der Waals surface area contributed by atoms with Crippen LogP contribution in [-0.2, 0) is 14.3 Å². The number of rotatable bonds is 6. The Morgan fingerprint density at radius 2 is 1.73 bits per heavy atom. The van der Waals surface area contributed by atoms with Gasteiger partial charge in [-0.05, 0) is 44.5 Å². The normalized spacial score (nSPS) is 11.9. The van der Waals surface area contributed by atoms with E-state index in [9.17, 15) is 18.8 Å². The highest BCUT2D eigenvalue weighted by atomic mass is 19.1. The maximum absolute atomic E-state index is 13.8. The van der Waals surface area contributed by atoms with Crippen LogP contribution in [0.15, 0.2) is 48.5 Å². The van der Waals surface area contributed by atoms with Crippen molar-refractivity contribution in [2.24, 2.45) is 0 Å². The quantitative estimate of drug-likeness (QED) is 0.698. The molecule has 0 aromatic heterocycles. The molecule has 2 amide bonds. The minimum atomic E-state index is -0.852. The number of anilines is 1. The smallest absolute Gasteiger partial charge is 0.407 e. The average molecular weight is 416 g/mol. The van der Waals surface area contributed by atoms with Crippen molar-refractivity contribution in [1.29, 1.82) is 0 Å². The van der Waals surface area contributed by atoms with Crippen molar-refractivity contribution in [2.45, 2.75) is 32.3 Å². The first kappa shape index (κ1) is 22.9. The standard InChI is InChI=1S/C22H25FN2O5/c1-22(2,3)30-21(28)24-13-17(14-8-6-5-7-9-14)19(26)25-15-10-11-18(23)16(12-15)20(27)29-4/h5-12,17H,13H2,1-4H3,(H,24,28)(H,25,26). The lowest BCUT2D eigenvalue weighted by Gasteiger charge is -2.22. The molecule has 0 fully saturated rings. The van der Waals surface area contributed by atoms with Crippen molar-refractivity contribution in [3.05, 3.63) is 65.5 Å². The van der Waals surface area contributed by atoms with Crippen LogP contribution in [0, 0.1) is 5.82 Å². The summed E-state index contributed by atoms with van der Waals surface area (Å²) in [5.74, 6) is -2.80. The Morgan fingerprint density at radius 1 is 1.07 bits per heavy atom. The predicted octanol–water partition coefficient (Wildman–Crippen LogP) is 3.86. The number of amides is 2. The minimum absolute atomic E-state index is 0.0180. The van der Waals surface area contributed by atoms with Gasteiger partial charge in [0, 0.05) is 12.2 Å². The maximum Gasteiger partial charge on any atom is 0.407 e. The highest BCUT2D eigenvalue weighted by molar-refractivity contribution is 5.98. The lowest BCUT2D eigenvalue weighted by atomic mass is 9.98. The zero-order valence-corrected chi connectivity index (χ0v) is 17.3. The molecule has 0 heterocycles. The van der Waals surface area contributed by atoms with Crippen LogP contribution in [0.5, 0.6) is 0 Å². The van der Waals surface area contributed by atoms with E-state index < -0.39 is 35.3 Å². The van der Waals surface area contributed by atoms with Crippen LogP contribution in [0.1, 0.15) is 42.6 Å². The third kappa shape index (κ3) is 6.58. The fraction of sp³-hybridized carbons (Fsp3) is 0.318. The molecule has 0 aliphatic heterocycles. The number of esters is 1. The summed E-state index contributed by atoms with van der Waals surface area (Å²) in [7, 11) is 1.14. The number of carbonyl (C=O) groups is 3. The average Bonchev–Trinajstić information content (AvgIpc) is 2.68. The van der Waals surface area contributed by atoms with Crippen LogP contribution in [0.2, 0.25) is 0 Å². The van der Waals surface area contributed by atoms with E-state index in [1.807, 2.05) is 6.07 Å². The molecule has 0 aliphatic rings. The molecular weight excluding hydrogens is 391 g/mol. The largest absolute Gasteiger partial charge is 0.465 e. The number of benzene rings is 2. The molecule has 7 nitrogen and oxygen atoms in total. The topological polar surface area (TPSA) is 93.7 Å². The van der Waals surface area contributed by atoms with Crippen LogP contribution in [0.25, 0.3) is 0 Å². The fourth-order valence-electron chi connectivity index (χ4n) is 2.65. The van der Waals surface area contributed by atoms with E-state index in [1.165, 1.54) is 12.1 Å². The molecule has 0 spiro atoms. The van der Waals surface area contributed by atoms with Crippen LogP contribution in [0.3, 0.4) is 0 Å². The molecule has 2 rings (SSSR count). The number of ether oxygens (including phenoxy) is 2. The summed E-state index contributed by atoms with van der Waals surface area (Å²) in [6, 6.07) is 12.5. The van der Waals surface area contributed by atoms with E-state index >= 15 is 0 Å². The van der Waals surface area contributed by atoms with Gasteiger partial charge in [-0.1, -0.05) is 30.3 Å². The molecule has 8 heteroatoms. The first-order chi connectivity index (χ1) is 14.1. The van der Waals surface area contributed by atoms with E-state index in [1.54, 1.807) is 45.0 Å². The molecule has 1 unspecified atom stereocenters. The highest BCUT2D eigenvalue weighted by Crippen LogP contribution is 2.20. The molecule has 0 saturated carbocycles.